The number of likely N-dealkylation sites (N-methyl/N-ethyl adjacent to an activating group) is 1. The molecule has 1 aliphatic heterocycles. The Morgan fingerprint density at radius 3 is 2.62 bits per heavy atom. The number of ether oxygens (including phenoxy) is 1. The highest BCUT2D eigenvalue weighted by molar-refractivity contribution is 5.94. The van der Waals surface area contributed by atoms with Crippen LogP contribution in [0.3, 0.4) is 0 Å². The number of aliphatic hydroxyl groups excluding tert-OH is 1. The Bertz CT molecular complexity index is 448. The fourth-order valence-corrected chi connectivity index (χ4v) is 2.55. The zero-order valence-electron chi connectivity index (χ0n) is 12.7. The van der Waals surface area contributed by atoms with Gasteiger partial charge in [-0.1, -0.05) is 32.0 Å². The van der Waals surface area contributed by atoms with Gasteiger partial charge >= 0.3 is 0 Å². The fraction of sp³-hybridized carbons (Fsp3) is 0.562. The molecule has 0 saturated carbocycles. The molecule has 1 aliphatic rings. The number of nitrogens with zero attached hydrogens (tertiary/aromatic N) is 1. The monoisotopic (exact) mass is 292 g/mol. The number of hydrogen-bond donors (Lipinski definition) is 2. The van der Waals surface area contributed by atoms with Gasteiger partial charge in [0.1, 0.15) is 6.10 Å². The number of benzene rings is 1. The van der Waals surface area contributed by atoms with Gasteiger partial charge in [-0.15, -0.1) is 0 Å². The summed E-state index contributed by atoms with van der Waals surface area (Å²) in [5, 5.41) is 13.2. The highest BCUT2D eigenvalue weighted by Crippen LogP contribution is 2.16. The van der Waals surface area contributed by atoms with E-state index in [1.165, 1.54) is 0 Å². The van der Waals surface area contributed by atoms with E-state index in [4.69, 9.17) is 4.74 Å². The second-order valence-corrected chi connectivity index (χ2v) is 5.29. The van der Waals surface area contributed by atoms with Gasteiger partial charge in [-0.25, -0.2) is 0 Å². The minimum absolute atomic E-state index is 0.174. The quantitative estimate of drug-likeness (QED) is 0.817. The maximum Gasteiger partial charge on any atom is 0.251 e. The first kappa shape index (κ1) is 15.9. The largest absolute Gasteiger partial charge is 0.388 e. The summed E-state index contributed by atoms with van der Waals surface area (Å²) in [5.41, 5.74) is 0.594. The number of amides is 1. The normalized spacial score (nSPS) is 25.2. The van der Waals surface area contributed by atoms with Gasteiger partial charge in [0.15, 0.2) is 0 Å². The first-order chi connectivity index (χ1) is 10.2. The van der Waals surface area contributed by atoms with Crippen LogP contribution in [-0.4, -0.2) is 60.4 Å². The second kappa shape index (κ2) is 7.54. The predicted octanol–water partition coefficient (Wildman–Crippen LogP) is 0.886. The average Bonchev–Trinajstić information content (AvgIpc) is 2.86. The summed E-state index contributed by atoms with van der Waals surface area (Å²) in [6.07, 6.45) is -0.913. The van der Waals surface area contributed by atoms with Crippen molar-refractivity contribution in [1.82, 2.24) is 10.2 Å². The van der Waals surface area contributed by atoms with E-state index in [0.29, 0.717) is 18.7 Å². The lowest BCUT2D eigenvalue weighted by Gasteiger charge is -2.24. The molecule has 2 rings (SSSR count). The third-order valence-electron chi connectivity index (χ3n) is 3.97. The van der Waals surface area contributed by atoms with Crippen LogP contribution < -0.4 is 5.32 Å². The third-order valence-corrected chi connectivity index (χ3v) is 3.97. The van der Waals surface area contributed by atoms with Gasteiger partial charge in [-0.05, 0) is 25.2 Å². The molecular weight excluding hydrogens is 268 g/mol. The SMILES string of the molecule is CCN(CC)C[C@@H]1OC[C@H](NC(=O)c2ccccc2)[C@H]1O. The van der Waals surface area contributed by atoms with E-state index in [2.05, 4.69) is 24.1 Å². The van der Waals surface area contributed by atoms with Crippen LogP contribution in [0.2, 0.25) is 0 Å². The van der Waals surface area contributed by atoms with E-state index < -0.39 is 6.10 Å². The van der Waals surface area contributed by atoms with Crippen molar-refractivity contribution in [1.29, 1.82) is 0 Å². The second-order valence-electron chi connectivity index (χ2n) is 5.29. The summed E-state index contributed by atoms with van der Waals surface area (Å²) >= 11 is 0. The summed E-state index contributed by atoms with van der Waals surface area (Å²) < 4.78 is 5.64. The van der Waals surface area contributed by atoms with Crippen LogP contribution in [0.1, 0.15) is 24.2 Å². The van der Waals surface area contributed by atoms with Gasteiger partial charge in [0.25, 0.3) is 5.91 Å². The molecule has 2 N–H and O–H groups in total. The Morgan fingerprint density at radius 2 is 2.00 bits per heavy atom. The van der Waals surface area contributed by atoms with Crippen LogP contribution >= 0.6 is 0 Å². The first-order valence-electron chi connectivity index (χ1n) is 7.53. The standard InChI is InChI=1S/C16H24N2O3/c1-3-18(4-2)10-14-15(19)13(11-21-14)17-16(20)12-8-6-5-7-9-12/h5-9,13-15,19H,3-4,10-11H2,1-2H3,(H,17,20)/t13-,14-,15+/m0/s1. The van der Waals surface area contributed by atoms with Crippen molar-refractivity contribution in [3.63, 3.8) is 0 Å². The van der Waals surface area contributed by atoms with Crippen LogP contribution in [0.4, 0.5) is 0 Å². The van der Waals surface area contributed by atoms with E-state index in [9.17, 15) is 9.90 Å². The van der Waals surface area contributed by atoms with Crippen molar-refractivity contribution < 1.29 is 14.6 Å². The minimum Gasteiger partial charge on any atom is -0.388 e. The van der Waals surface area contributed by atoms with Crippen LogP contribution in [0.25, 0.3) is 0 Å². The molecule has 0 unspecified atom stereocenters. The summed E-state index contributed by atoms with van der Waals surface area (Å²) in [7, 11) is 0. The molecule has 0 aromatic heterocycles. The van der Waals surface area contributed by atoms with E-state index in [1.54, 1.807) is 12.1 Å². The zero-order chi connectivity index (χ0) is 15.2. The lowest BCUT2D eigenvalue weighted by molar-refractivity contribution is 0.0171. The summed E-state index contributed by atoms with van der Waals surface area (Å²) in [6.45, 7) is 7.05. The molecule has 0 radical (unpaired) electrons. The number of carbonyl (C=O) groups excluding carboxylic acids is 1. The van der Waals surface area contributed by atoms with Crippen LogP contribution in [0.5, 0.6) is 0 Å². The fourth-order valence-electron chi connectivity index (χ4n) is 2.55. The maximum atomic E-state index is 12.1. The molecule has 1 amide bonds. The molecule has 0 bridgehead atoms. The number of carbonyl (C=O) groups is 1. The minimum atomic E-state index is -0.668. The topological polar surface area (TPSA) is 61.8 Å². The molecular formula is C16H24N2O3. The number of aliphatic hydroxyl groups is 1. The lowest BCUT2D eigenvalue weighted by atomic mass is 10.1. The van der Waals surface area contributed by atoms with Crippen molar-refractivity contribution in [3.8, 4) is 0 Å². The molecule has 1 aromatic carbocycles. The summed E-state index contributed by atoms with van der Waals surface area (Å²) in [6, 6.07) is 8.66. The van der Waals surface area contributed by atoms with E-state index >= 15 is 0 Å². The molecule has 3 atom stereocenters. The zero-order valence-corrected chi connectivity index (χ0v) is 12.7. The molecule has 21 heavy (non-hydrogen) atoms. The first-order valence-corrected chi connectivity index (χ1v) is 7.53. The Kier molecular flexibility index (Phi) is 5.73. The van der Waals surface area contributed by atoms with Crippen LogP contribution in [0, 0.1) is 0 Å². The molecule has 1 aromatic rings. The van der Waals surface area contributed by atoms with Crippen LogP contribution in [-0.2, 0) is 4.74 Å². The Hall–Kier alpha value is -1.43. The molecule has 1 fully saturated rings. The molecule has 116 valence electrons. The van der Waals surface area contributed by atoms with Gasteiger partial charge in [0.05, 0.1) is 18.8 Å². The Labute approximate surface area is 125 Å². The smallest absolute Gasteiger partial charge is 0.251 e. The average molecular weight is 292 g/mol. The van der Waals surface area contributed by atoms with Gasteiger partial charge in [-0.3, -0.25) is 4.79 Å². The summed E-state index contributed by atoms with van der Waals surface area (Å²) in [5.74, 6) is -0.174. The molecule has 1 saturated heterocycles. The van der Waals surface area contributed by atoms with E-state index in [-0.39, 0.29) is 18.1 Å². The number of hydrogen-bond acceptors (Lipinski definition) is 4. The molecule has 1 heterocycles. The highest BCUT2D eigenvalue weighted by atomic mass is 16.5. The van der Waals surface area contributed by atoms with Gasteiger partial charge < -0.3 is 20.1 Å². The Morgan fingerprint density at radius 1 is 1.33 bits per heavy atom. The molecule has 0 spiro atoms. The third kappa shape index (κ3) is 4.03. The molecule has 5 heteroatoms. The van der Waals surface area contributed by atoms with Gasteiger partial charge in [-0.2, -0.15) is 0 Å². The summed E-state index contributed by atoms with van der Waals surface area (Å²) in [4.78, 5) is 14.3. The van der Waals surface area contributed by atoms with Crippen molar-refractivity contribution in [2.24, 2.45) is 0 Å². The molecule has 0 aliphatic carbocycles. The Balaban J connectivity index is 1.90. The van der Waals surface area contributed by atoms with Crippen molar-refractivity contribution in [3.05, 3.63) is 35.9 Å². The van der Waals surface area contributed by atoms with Crippen molar-refractivity contribution >= 4 is 5.91 Å². The number of nitrogens with one attached hydrogen (secondary N) is 1. The maximum absolute atomic E-state index is 12.1. The van der Waals surface area contributed by atoms with Crippen molar-refractivity contribution in [2.75, 3.05) is 26.2 Å². The van der Waals surface area contributed by atoms with Gasteiger partial charge in [0, 0.05) is 12.1 Å². The number of rotatable bonds is 6. The van der Waals surface area contributed by atoms with E-state index in [1.807, 2.05) is 18.2 Å². The van der Waals surface area contributed by atoms with Crippen LogP contribution in [0.15, 0.2) is 30.3 Å². The van der Waals surface area contributed by atoms with Crippen molar-refractivity contribution in [2.45, 2.75) is 32.1 Å². The lowest BCUT2D eigenvalue weighted by Crippen LogP contribution is -2.46. The van der Waals surface area contributed by atoms with Gasteiger partial charge in [0.2, 0.25) is 0 Å². The molecule has 5 nitrogen and oxygen atoms in total. The van der Waals surface area contributed by atoms with E-state index in [0.717, 1.165) is 13.1 Å². The predicted molar refractivity (Wildman–Crippen MR) is 81.2 cm³/mol. The highest BCUT2D eigenvalue weighted by Gasteiger charge is 2.37.